The molecule has 15 heavy (non-hydrogen) atoms. The molecule has 1 heterocycles. The Morgan fingerprint density at radius 3 is 2.47 bits per heavy atom. The van der Waals surface area contributed by atoms with E-state index in [-0.39, 0.29) is 8.59 Å². The summed E-state index contributed by atoms with van der Waals surface area (Å²) < 4.78 is 47.0. The smallest absolute Gasteiger partial charge is 0.241 e. The number of halogens is 4. The highest BCUT2D eigenvalue weighted by Crippen LogP contribution is 2.32. The fourth-order valence-corrected chi connectivity index (χ4v) is 2.54. The largest absolute Gasteiger partial charge is 0.267 e. The van der Waals surface area contributed by atoms with Crippen LogP contribution in [0.4, 0.5) is 8.78 Å². The first kappa shape index (κ1) is 13.0. The van der Waals surface area contributed by atoms with Gasteiger partial charge in [0.25, 0.3) is 16.4 Å². The quantitative estimate of drug-likeness (QED) is 0.811. The van der Waals surface area contributed by atoms with E-state index in [2.05, 4.69) is 4.98 Å². The predicted octanol–water partition coefficient (Wildman–Crippen LogP) is 1.92. The SMILES string of the molecule is NS(=O)(=O)c1ncc(Cl)c(I)c1C(F)F. The van der Waals surface area contributed by atoms with Crippen LogP contribution in [0.25, 0.3) is 0 Å². The fraction of sp³-hybridized carbons (Fsp3) is 0.167. The maximum absolute atomic E-state index is 12.6. The Bertz CT molecular complexity index is 494. The third-order valence-corrected chi connectivity index (χ3v) is 4.09. The molecule has 0 aliphatic rings. The van der Waals surface area contributed by atoms with E-state index in [1.54, 1.807) is 0 Å². The van der Waals surface area contributed by atoms with E-state index in [0.29, 0.717) is 0 Å². The summed E-state index contributed by atoms with van der Waals surface area (Å²) >= 11 is 7.05. The van der Waals surface area contributed by atoms with Gasteiger partial charge in [0.05, 0.1) is 10.6 Å². The van der Waals surface area contributed by atoms with Gasteiger partial charge in [0, 0.05) is 9.77 Å². The molecule has 84 valence electrons. The molecule has 0 spiro atoms. The van der Waals surface area contributed by atoms with Crippen LogP contribution in [0.1, 0.15) is 12.0 Å². The van der Waals surface area contributed by atoms with Crippen molar-refractivity contribution in [3.63, 3.8) is 0 Å². The van der Waals surface area contributed by atoms with E-state index < -0.39 is 27.0 Å². The highest BCUT2D eigenvalue weighted by Gasteiger charge is 2.26. The number of rotatable bonds is 2. The van der Waals surface area contributed by atoms with Crippen LogP contribution < -0.4 is 5.14 Å². The molecule has 1 aromatic heterocycles. The van der Waals surface area contributed by atoms with Crippen molar-refractivity contribution in [3.8, 4) is 0 Å². The first-order valence-corrected chi connectivity index (χ1v) is 6.40. The highest BCUT2D eigenvalue weighted by molar-refractivity contribution is 14.1. The minimum atomic E-state index is -4.27. The van der Waals surface area contributed by atoms with Crippen LogP contribution in [-0.4, -0.2) is 13.4 Å². The number of sulfonamides is 1. The van der Waals surface area contributed by atoms with Gasteiger partial charge in [0.1, 0.15) is 0 Å². The van der Waals surface area contributed by atoms with Crippen molar-refractivity contribution >= 4 is 44.2 Å². The van der Waals surface area contributed by atoms with Crippen LogP contribution in [0.15, 0.2) is 11.2 Å². The number of hydrogen-bond acceptors (Lipinski definition) is 3. The lowest BCUT2D eigenvalue weighted by Crippen LogP contribution is -2.17. The van der Waals surface area contributed by atoms with Gasteiger partial charge in [0.2, 0.25) is 0 Å². The second-order valence-electron chi connectivity index (χ2n) is 2.48. The van der Waals surface area contributed by atoms with Crippen LogP contribution in [0, 0.1) is 3.57 Å². The van der Waals surface area contributed by atoms with E-state index in [1.165, 1.54) is 22.6 Å². The number of alkyl halides is 2. The molecule has 0 saturated heterocycles. The van der Waals surface area contributed by atoms with Gasteiger partial charge in [-0.05, 0) is 22.6 Å². The number of nitrogens with zero attached hydrogens (tertiary/aromatic N) is 1. The Labute approximate surface area is 103 Å². The summed E-state index contributed by atoms with van der Waals surface area (Å²) in [6, 6.07) is 0. The Kier molecular flexibility index (Phi) is 3.85. The van der Waals surface area contributed by atoms with Crippen molar-refractivity contribution in [2.75, 3.05) is 0 Å². The normalized spacial score (nSPS) is 12.1. The maximum Gasteiger partial charge on any atom is 0.267 e. The molecule has 9 heteroatoms. The second-order valence-corrected chi connectivity index (χ2v) is 5.45. The molecule has 0 atom stereocenters. The molecular weight excluding hydrogens is 364 g/mol. The minimum Gasteiger partial charge on any atom is -0.241 e. The van der Waals surface area contributed by atoms with Gasteiger partial charge in [-0.2, -0.15) is 0 Å². The lowest BCUT2D eigenvalue weighted by molar-refractivity contribution is 0.146. The van der Waals surface area contributed by atoms with Gasteiger partial charge in [-0.3, -0.25) is 0 Å². The van der Waals surface area contributed by atoms with Crippen molar-refractivity contribution in [1.29, 1.82) is 0 Å². The van der Waals surface area contributed by atoms with Gasteiger partial charge < -0.3 is 0 Å². The molecule has 1 aromatic rings. The van der Waals surface area contributed by atoms with E-state index in [0.717, 1.165) is 6.20 Å². The third-order valence-electron chi connectivity index (χ3n) is 1.46. The molecule has 0 radical (unpaired) electrons. The molecule has 0 unspecified atom stereocenters. The number of pyridine rings is 1. The Balaban J connectivity index is 3.62. The average Bonchev–Trinajstić information content (AvgIpc) is 2.06. The summed E-state index contributed by atoms with van der Waals surface area (Å²) in [5.74, 6) is 0. The van der Waals surface area contributed by atoms with Crippen molar-refractivity contribution < 1.29 is 17.2 Å². The average molecular weight is 369 g/mol. The summed E-state index contributed by atoms with van der Waals surface area (Å²) in [6.07, 6.45) is -2.04. The molecule has 0 aliphatic carbocycles. The first-order valence-electron chi connectivity index (χ1n) is 3.40. The minimum absolute atomic E-state index is 0.0432. The summed E-state index contributed by atoms with van der Waals surface area (Å²) in [4.78, 5) is 3.30. The van der Waals surface area contributed by atoms with Crippen molar-refractivity contribution in [2.45, 2.75) is 11.5 Å². The van der Waals surface area contributed by atoms with Crippen molar-refractivity contribution in [2.24, 2.45) is 5.14 Å². The van der Waals surface area contributed by atoms with Crippen molar-refractivity contribution in [3.05, 3.63) is 20.4 Å². The molecule has 2 N–H and O–H groups in total. The van der Waals surface area contributed by atoms with Crippen LogP contribution in [0.2, 0.25) is 5.02 Å². The van der Waals surface area contributed by atoms with Gasteiger partial charge in [-0.15, -0.1) is 0 Å². The highest BCUT2D eigenvalue weighted by atomic mass is 127. The maximum atomic E-state index is 12.6. The lowest BCUT2D eigenvalue weighted by Gasteiger charge is -2.08. The van der Waals surface area contributed by atoms with Gasteiger partial charge in [-0.25, -0.2) is 27.3 Å². The lowest BCUT2D eigenvalue weighted by atomic mass is 10.3. The molecule has 0 aromatic carbocycles. The topological polar surface area (TPSA) is 73.1 Å². The molecule has 1 rings (SSSR count). The zero-order valence-corrected chi connectivity index (χ0v) is 10.6. The summed E-state index contributed by atoms with van der Waals surface area (Å²) in [6.45, 7) is 0. The predicted molar refractivity (Wildman–Crippen MR) is 58.3 cm³/mol. The van der Waals surface area contributed by atoms with Gasteiger partial charge in [-0.1, -0.05) is 11.6 Å². The van der Waals surface area contributed by atoms with Gasteiger partial charge >= 0.3 is 0 Å². The van der Waals surface area contributed by atoms with Crippen LogP contribution >= 0.6 is 34.2 Å². The number of primary sulfonamides is 1. The first-order chi connectivity index (χ1) is 6.75. The molecular formula is C6H4ClF2IN2O2S. The van der Waals surface area contributed by atoms with Crippen molar-refractivity contribution in [1.82, 2.24) is 4.98 Å². The fourth-order valence-electron chi connectivity index (χ4n) is 0.880. The molecule has 0 amide bonds. The summed E-state index contributed by atoms with van der Waals surface area (Å²) in [5.41, 5.74) is -0.759. The zero-order chi connectivity index (χ0) is 11.8. The zero-order valence-electron chi connectivity index (χ0n) is 6.92. The second kappa shape index (κ2) is 4.44. The Hall–Kier alpha value is -0.0600. The third kappa shape index (κ3) is 2.74. The van der Waals surface area contributed by atoms with Crippen LogP contribution in [0.3, 0.4) is 0 Å². The number of aromatic nitrogens is 1. The summed E-state index contributed by atoms with van der Waals surface area (Å²) in [5, 5.41) is 3.86. The van der Waals surface area contributed by atoms with E-state index in [9.17, 15) is 17.2 Å². The monoisotopic (exact) mass is 368 g/mol. The molecule has 4 nitrogen and oxygen atoms in total. The molecule has 0 saturated carbocycles. The molecule has 0 aliphatic heterocycles. The number of hydrogen-bond donors (Lipinski definition) is 1. The van der Waals surface area contributed by atoms with Gasteiger partial charge in [0.15, 0.2) is 5.03 Å². The molecule has 0 fully saturated rings. The van der Waals surface area contributed by atoms with Crippen LogP contribution in [0.5, 0.6) is 0 Å². The number of nitrogens with two attached hydrogens (primary N) is 1. The van der Waals surface area contributed by atoms with E-state index >= 15 is 0 Å². The standard InChI is InChI=1S/C6H4ClF2IN2O2S/c7-2-1-12-6(15(11,13)14)3(4(2)10)5(8)9/h1,5H,(H2,11,13,14). The van der Waals surface area contributed by atoms with Crippen LogP contribution in [-0.2, 0) is 10.0 Å². The summed E-state index contributed by atoms with van der Waals surface area (Å²) in [7, 11) is -4.27. The molecule has 0 bridgehead atoms. The van der Waals surface area contributed by atoms with E-state index in [4.69, 9.17) is 16.7 Å². The van der Waals surface area contributed by atoms with E-state index in [1.807, 2.05) is 0 Å². The Morgan fingerprint density at radius 1 is 1.53 bits per heavy atom. The Morgan fingerprint density at radius 2 is 2.07 bits per heavy atom.